The number of nitrogens with zero attached hydrogens (tertiary/aromatic N) is 3. The normalized spacial score (nSPS) is 10.6. The van der Waals surface area contributed by atoms with Crippen LogP contribution in [0.5, 0.6) is 0 Å². The monoisotopic (exact) mass is 319 g/mol. The summed E-state index contributed by atoms with van der Waals surface area (Å²) in [6.45, 7) is 0. The van der Waals surface area contributed by atoms with Gasteiger partial charge in [-0.1, -0.05) is 36.4 Å². The van der Waals surface area contributed by atoms with Gasteiger partial charge in [-0.15, -0.1) is 11.3 Å². The first-order valence-corrected chi connectivity index (χ1v) is 7.73. The van der Waals surface area contributed by atoms with Crippen molar-refractivity contribution in [1.82, 2.24) is 4.98 Å². The number of thiazole rings is 1. The lowest BCUT2D eigenvalue weighted by atomic mass is 10.0. The number of rotatable bonds is 4. The van der Waals surface area contributed by atoms with Crippen LogP contribution in [0.15, 0.2) is 59.0 Å². The maximum atomic E-state index is 8.82. The van der Waals surface area contributed by atoms with Crippen molar-refractivity contribution in [2.24, 2.45) is 5.10 Å². The molecule has 0 saturated heterocycles. The molecule has 0 aliphatic rings. The summed E-state index contributed by atoms with van der Waals surface area (Å²) in [5.74, 6) is 0.486. The van der Waals surface area contributed by atoms with Gasteiger partial charge in [-0.05, 0) is 28.8 Å². The van der Waals surface area contributed by atoms with E-state index in [9.17, 15) is 0 Å². The van der Waals surface area contributed by atoms with Crippen LogP contribution in [0.4, 0.5) is 10.9 Å². The first-order chi connectivity index (χ1) is 11.2. The Bertz CT molecular complexity index is 857. The maximum Gasteiger partial charge on any atom is 0.205 e. The fourth-order valence-corrected chi connectivity index (χ4v) is 2.55. The quantitative estimate of drug-likeness (QED) is 0.567. The molecule has 0 saturated carbocycles. The molecule has 0 aliphatic carbocycles. The second-order valence-corrected chi connectivity index (χ2v) is 5.62. The molecule has 3 N–H and O–H groups in total. The highest BCUT2D eigenvalue weighted by Crippen LogP contribution is 2.20. The number of nitrogen functional groups attached to an aromatic ring is 1. The van der Waals surface area contributed by atoms with Crippen molar-refractivity contribution < 1.29 is 0 Å². The molecular weight excluding hydrogens is 306 g/mol. The van der Waals surface area contributed by atoms with Crippen LogP contribution in [0.25, 0.3) is 11.1 Å². The predicted octanol–water partition coefficient (Wildman–Crippen LogP) is 3.71. The van der Waals surface area contributed by atoms with E-state index in [1.165, 1.54) is 11.3 Å². The highest BCUT2D eigenvalue weighted by atomic mass is 32.1. The highest BCUT2D eigenvalue weighted by Gasteiger charge is 1.99. The lowest BCUT2D eigenvalue weighted by Gasteiger charge is -2.02. The van der Waals surface area contributed by atoms with Gasteiger partial charge >= 0.3 is 0 Å². The van der Waals surface area contributed by atoms with Crippen LogP contribution in [-0.2, 0) is 0 Å². The zero-order valence-corrected chi connectivity index (χ0v) is 12.9. The van der Waals surface area contributed by atoms with E-state index in [4.69, 9.17) is 11.0 Å². The standard InChI is InChI=1S/C17H13N5S/c18-9-12-1-5-14(6-2-12)15-7-3-13(4-8-15)10-20-22-17-21-16(19)11-23-17/h1-8,10-11H,19H2,(H,21,22). The minimum atomic E-state index is 0.486. The van der Waals surface area contributed by atoms with Gasteiger partial charge < -0.3 is 5.73 Å². The van der Waals surface area contributed by atoms with Gasteiger partial charge in [0.2, 0.25) is 5.13 Å². The first-order valence-electron chi connectivity index (χ1n) is 6.85. The molecule has 0 amide bonds. The van der Waals surface area contributed by atoms with E-state index in [-0.39, 0.29) is 0 Å². The molecule has 0 unspecified atom stereocenters. The first kappa shape index (κ1) is 14.8. The number of nitriles is 1. The van der Waals surface area contributed by atoms with Crippen LogP contribution in [0.3, 0.4) is 0 Å². The van der Waals surface area contributed by atoms with Gasteiger partial charge in [0.25, 0.3) is 0 Å². The Labute approximate surface area is 137 Å². The summed E-state index contributed by atoms with van der Waals surface area (Å²) in [7, 11) is 0. The number of benzene rings is 2. The Morgan fingerprint density at radius 1 is 1.09 bits per heavy atom. The Morgan fingerprint density at radius 3 is 2.30 bits per heavy atom. The average Bonchev–Trinajstić information content (AvgIpc) is 3.01. The van der Waals surface area contributed by atoms with Gasteiger partial charge in [0.15, 0.2) is 0 Å². The molecule has 1 heterocycles. The molecule has 0 atom stereocenters. The second kappa shape index (κ2) is 6.73. The lowest BCUT2D eigenvalue weighted by molar-refractivity contribution is 1.29. The molecule has 6 heteroatoms. The number of hydrazone groups is 1. The molecule has 0 radical (unpaired) electrons. The minimum absolute atomic E-state index is 0.486. The molecule has 112 valence electrons. The van der Waals surface area contributed by atoms with Crippen LogP contribution in [0.1, 0.15) is 11.1 Å². The summed E-state index contributed by atoms with van der Waals surface area (Å²) in [6, 6.07) is 17.6. The van der Waals surface area contributed by atoms with E-state index in [0.717, 1.165) is 16.7 Å². The fraction of sp³-hybridized carbons (Fsp3) is 0. The topological polar surface area (TPSA) is 87.1 Å². The maximum absolute atomic E-state index is 8.82. The van der Waals surface area contributed by atoms with Crippen molar-refractivity contribution in [2.45, 2.75) is 0 Å². The third-order valence-electron chi connectivity index (χ3n) is 3.15. The van der Waals surface area contributed by atoms with E-state index in [2.05, 4.69) is 21.6 Å². The van der Waals surface area contributed by atoms with E-state index in [1.54, 1.807) is 11.6 Å². The molecule has 5 nitrogen and oxygen atoms in total. The van der Waals surface area contributed by atoms with E-state index < -0.39 is 0 Å². The molecule has 3 aromatic rings. The van der Waals surface area contributed by atoms with Gasteiger partial charge in [0.1, 0.15) is 5.82 Å². The predicted molar refractivity (Wildman–Crippen MR) is 94.3 cm³/mol. The molecule has 3 rings (SSSR count). The fourth-order valence-electron chi connectivity index (χ4n) is 2.00. The summed E-state index contributed by atoms with van der Waals surface area (Å²) >= 11 is 1.40. The van der Waals surface area contributed by atoms with Crippen molar-refractivity contribution >= 4 is 28.5 Å². The van der Waals surface area contributed by atoms with Gasteiger partial charge in [-0.3, -0.25) is 5.43 Å². The van der Waals surface area contributed by atoms with Crippen molar-refractivity contribution in [3.8, 4) is 17.2 Å². The molecule has 0 fully saturated rings. The molecule has 0 bridgehead atoms. The van der Waals surface area contributed by atoms with Crippen molar-refractivity contribution in [3.63, 3.8) is 0 Å². The number of aromatic nitrogens is 1. The zero-order chi connectivity index (χ0) is 16.1. The SMILES string of the molecule is N#Cc1ccc(-c2ccc(C=NNc3nc(N)cs3)cc2)cc1. The average molecular weight is 319 g/mol. The van der Waals surface area contributed by atoms with Gasteiger partial charge in [-0.25, -0.2) is 4.98 Å². The van der Waals surface area contributed by atoms with E-state index in [1.807, 2.05) is 48.5 Å². The third-order valence-corrected chi connectivity index (χ3v) is 3.92. The van der Waals surface area contributed by atoms with Gasteiger partial charge in [0.05, 0.1) is 17.8 Å². The minimum Gasteiger partial charge on any atom is -0.383 e. The van der Waals surface area contributed by atoms with Crippen molar-refractivity contribution in [2.75, 3.05) is 11.2 Å². The van der Waals surface area contributed by atoms with Gasteiger partial charge in [0, 0.05) is 5.38 Å². The number of nitrogens with one attached hydrogen (secondary N) is 1. The summed E-state index contributed by atoms with van der Waals surface area (Å²) < 4.78 is 0. The van der Waals surface area contributed by atoms with Crippen molar-refractivity contribution in [3.05, 3.63) is 65.0 Å². The van der Waals surface area contributed by atoms with Gasteiger partial charge in [-0.2, -0.15) is 10.4 Å². The summed E-state index contributed by atoms with van der Waals surface area (Å²) in [6.07, 6.45) is 1.72. The third kappa shape index (κ3) is 3.73. The zero-order valence-electron chi connectivity index (χ0n) is 12.1. The summed E-state index contributed by atoms with van der Waals surface area (Å²) in [5, 5.41) is 15.4. The molecule has 1 aromatic heterocycles. The van der Waals surface area contributed by atoms with Crippen LogP contribution < -0.4 is 11.2 Å². The Kier molecular flexibility index (Phi) is 4.32. The molecule has 0 spiro atoms. The molecular formula is C17H13N5S. The number of nitrogens with two attached hydrogens (primary N) is 1. The van der Waals surface area contributed by atoms with E-state index >= 15 is 0 Å². The number of hydrogen-bond acceptors (Lipinski definition) is 6. The lowest BCUT2D eigenvalue weighted by Crippen LogP contribution is -1.91. The smallest absolute Gasteiger partial charge is 0.205 e. The Hall–Kier alpha value is -3.17. The Balaban J connectivity index is 1.67. The molecule has 23 heavy (non-hydrogen) atoms. The van der Waals surface area contributed by atoms with E-state index in [0.29, 0.717) is 16.5 Å². The number of anilines is 2. The van der Waals surface area contributed by atoms with Crippen LogP contribution in [0.2, 0.25) is 0 Å². The van der Waals surface area contributed by atoms with Crippen LogP contribution >= 0.6 is 11.3 Å². The van der Waals surface area contributed by atoms with Crippen molar-refractivity contribution in [1.29, 1.82) is 5.26 Å². The molecule has 2 aromatic carbocycles. The van der Waals surface area contributed by atoms with Crippen LogP contribution in [-0.4, -0.2) is 11.2 Å². The van der Waals surface area contributed by atoms with Crippen LogP contribution in [0, 0.1) is 11.3 Å². The summed E-state index contributed by atoms with van der Waals surface area (Å²) in [4.78, 5) is 4.06. The second-order valence-electron chi connectivity index (χ2n) is 4.76. The highest BCUT2D eigenvalue weighted by molar-refractivity contribution is 7.14. The number of hydrogen-bond donors (Lipinski definition) is 2. The Morgan fingerprint density at radius 2 is 1.74 bits per heavy atom. The summed E-state index contributed by atoms with van der Waals surface area (Å²) in [5.41, 5.74) is 12.2. The largest absolute Gasteiger partial charge is 0.383 e. The molecule has 0 aliphatic heterocycles.